The highest BCUT2D eigenvalue weighted by atomic mass is 35.5. The Labute approximate surface area is 108 Å². The molecule has 0 bridgehead atoms. The predicted molar refractivity (Wildman–Crippen MR) is 72.5 cm³/mol. The number of para-hydroxylation sites is 1. The zero-order chi connectivity index (χ0) is 12.7. The lowest BCUT2D eigenvalue weighted by molar-refractivity contribution is -0.115. The van der Waals surface area contributed by atoms with E-state index in [2.05, 4.69) is 24.5 Å². The Morgan fingerprint density at radius 2 is 2.12 bits per heavy atom. The second kappa shape index (κ2) is 7.30. The molecule has 0 aliphatic carbocycles. The molecule has 1 rings (SSSR count). The van der Waals surface area contributed by atoms with Gasteiger partial charge in [-0.3, -0.25) is 4.79 Å². The molecular formula is C13H19ClN2O. The van der Waals surface area contributed by atoms with Crippen LogP contribution in [0.2, 0.25) is 5.02 Å². The van der Waals surface area contributed by atoms with Gasteiger partial charge < -0.3 is 10.6 Å². The quantitative estimate of drug-likeness (QED) is 0.819. The number of rotatable bonds is 6. The lowest BCUT2D eigenvalue weighted by Crippen LogP contribution is -2.34. The molecule has 0 fully saturated rings. The Morgan fingerprint density at radius 1 is 1.41 bits per heavy atom. The van der Waals surface area contributed by atoms with Crippen molar-refractivity contribution in [2.75, 3.05) is 11.9 Å². The van der Waals surface area contributed by atoms with Crippen molar-refractivity contribution < 1.29 is 4.79 Å². The second-order valence-corrected chi connectivity index (χ2v) is 4.51. The number of amides is 1. The second-order valence-electron chi connectivity index (χ2n) is 4.10. The summed E-state index contributed by atoms with van der Waals surface area (Å²) in [5.41, 5.74) is 0.657. The van der Waals surface area contributed by atoms with E-state index in [9.17, 15) is 4.79 Å². The van der Waals surface area contributed by atoms with E-state index in [0.29, 0.717) is 23.3 Å². The number of nitrogens with one attached hydrogen (secondary N) is 2. The zero-order valence-electron chi connectivity index (χ0n) is 10.3. The monoisotopic (exact) mass is 254 g/mol. The molecule has 0 aliphatic rings. The molecule has 1 atom stereocenters. The maximum Gasteiger partial charge on any atom is 0.238 e. The summed E-state index contributed by atoms with van der Waals surface area (Å²) in [5.74, 6) is -0.0685. The van der Waals surface area contributed by atoms with E-state index in [-0.39, 0.29) is 5.91 Å². The molecule has 0 heterocycles. The number of hydrogen-bond donors (Lipinski definition) is 2. The molecule has 0 saturated carbocycles. The first-order valence-corrected chi connectivity index (χ1v) is 6.29. The Hall–Kier alpha value is -1.06. The van der Waals surface area contributed by atoms with Gasteiger partial charge in [0.25, 0.3) is 0 Å². The molecule has 1 aromatic rings. The van der Waals surface area contributed by atoms with Gasteiger partial charge in [0.05, 0.1) is 17.3 Å². The van der Waals surface area contributed by atoms with Crippen molar-refractivity contribution in [3.8, 4) is 0 Å². The van der Waals surface area contributed by atoms with Gasteiger partial charge in [-0.15, -0.1) is 0 Å². The summed E-state index contributed by atoms with van der Waals surface area (Å²) >= 11 is 5.95. The summed E-state index contributed by atoms with van der Waals surface area (Å²) in [7, 11) is 0. The van der Waals surface area contributed by atoms with Crippen molar-refractivity contribution in [3.05, 3.63) is 29.3 Å². The fraction of sp³-hybridized carbons (Fsp3) is 0.462. The third-order valence-corrected chi connectivity index (χ3v) is 2.81. The first-order chi connectivity index (χ1) is 8.13. The molecule has 4 heteroatoms. The molecule has 1 amide bonds. The normalized spacial score (nSPS) is 12.2. The molecule has 2 N–H and O–H groups in total. The average Bonchev–Trinajstić information content (AvgIpc) is 2.30. The Morgan fingerprint density at radius 3 is 2.76 bits per heavy atom. The summed E-state index contributed by atoms with van der Waals surface area (Å²) in [4.78, 5) is 11.6. The lowest BCUT2D eigenvalue weighted by Gasteiger charge is -2.12. The molecule has 0 aliphatic heterocycles. The summed E-state index contributed by atoms with van der Waals surface area (Å²) in [6.45, 7) is 4.51. The Kier molecular flexibility index (Phi) is 6.01. The third-order valence-electron chi connectivity index (χ3n) is 2.48. The first-order valence-electron chi connectivity index (χ1n) is 5.91. The van der Waals surface area contributed by atoms with E-state index in [4.69, 9.17) is 11.6 Å². The molecule has 0 aromatic heterocycles. The molecule has 1 unspecified atom stereocenters. The van der Waals surface area contributed by atoms with Crippen LogP contribution in [-0.4, -0.2) is 18.5 Å². The van der Waals surface area contributed by atoms with Crippen LogP contribution in [0.5, 0.6) is 0 Å². The molecular weight excluding hydrogens is 236 g/mol. The van der Waals surface area contributed by atoms with Crippen LogP contribution >= 0.6 is 11.6 Å². The number of carbonyl (C=O) groups is 1. The Balaban J connectivity index is 2.37. The molecule has 1 aromatic carbocycles. The highest BCUT2D eigenvalue weighted by Gasteiger charge is 2.06. The van der Waals surface area contributed by atoms with Crippen molar-refractivity contribution >= 4 is 23.2 Å². The van der Waals surface area contributed by atoms with Gasteiger partial charge in [-0.2, -0.15) is 0 Å². The minimum Gasteiger partial charge on any atom is -0.324 e. The first kappa shape index (κ1) is 14.0. The predicted octanol–water partition coefficient (Wildman–Crippen LogP) is 3.06. The maximum atomic E-state index is 11.6. The summed E-state index contributed by atoms with van der Waals surface area (Å²) in [6.07, 6.45) is 2.18. The lowest BCUT2D eigenvalue weighted by atomic mass is 10.2. The molecule has 94 valence electrons. The number of benzene rings is 1. The van der Waals surface area contributed by atoms with Crippen LogP contribution < -0.4 is 10.6 Å². The average molecular weight is 255 g/mol. The maximum absolute atomic E-state index is 11.6. The SMILES string of the molecule is CCCC(C)NCC(=O)Nc1ccccc1Cl. The zero-order valence-corrected chi connectivity index (χ0v) is 11.1. The van der Waals surface area contributed by atoms with E-state index < -0.39 is 0 Å². The van der Waals surface area contributed by atoms with Gasteiger partial charge in [-0.1, -0.05) is 37.1 Å². The molecule has 0 saturated heterocycles. The minimum absolute atomic E-state index is 0.0685. The van der Waals surface area contributed by atoms with Crippen molar-refractivity contribution in [2.45, 2.75) is 32.7 Å². The molecule has 0 radical (unpaired) electrons. The van der Waals surface area contributed by atoms with E-state index >= 15 is 0 Å². The third kappa shape index (κ3) is 5.20. The van der Waals surface area contributed by atoms with Gasteiger partial charge in [-0.05, 0) is 25.5 Å². The fourth-order valence-electron chi connectivity index (χ4n) is 1.56. The van der Waals surface area contributed by atoms with Gasteiger partial charge in [0, 0.05) is 6.04 Å². The number of hydrogen-bond acceptors (Lipinski definition) is 2. The fourth-order valence-corrected chi connectivity index (χ4v) is 1.74. The standard InChI is InChI=1S/C13H19ClN2O/c1-3-6-10(2)15-9-13(17)16-12-8-5-4-7-11(12)14/h4-5,7-8,10,15H,3,6,9H2,1-2H3,(H,16,17). The molecule has 17 heavy (non-hydrogen) atoms. The number of carbonyl (C=O) groups excluding carboxylic acids is 1. The van der Waals surface area contributed by atoms with E-state index in [1.807, 2.05) is 12.1 Å². The van der Waals surface area contributed by atoms with Gasteiger partial charge in [0.1, 0.15) is 0 Å². The van der Waals surface area contributed by atoms with Crippen LogP contribution in [-0.2, 0) is 4.79 Å². The van der Waals surface area contributed by atoms with Gasteiger partial charge in [0.15, 0.2) is 0 Å². The highest BCUT2D eigenvalue weighted by molar-refractivity contribution is 6.33. The number of anilines is 1. The summed E-state index contributed by atoms with van der Waals surface area (Å²) < 4.78 is 0. The minimum atomic E-state index is -0.0685. The van der Waals surface area contributed by atoms with Crippen molar-refractivity contribution in [1.82, 2.24) is 5.32 Å². The van der Waals surface area contributed by atoms with Crippen molar-refractivity contribution in [1.29, 1.82) is 0 Å². The van der Waals surface area contributed by atoms with Crippen molar-refractivity contribution in [3.63, 3.8) is 0 Å². The smallest absolute Gasteiger partial charge is 0.238 e. The van der Waals surface area contributed by atoms with Crippen LogP contribution in [0.3, 0.4) is 0 Å². The Bertz CT molecular complexity index is 368. The van der Waals surface area contributed by atoms with Crippen molar-refractivity contribution in [2.24, 2.45) is 0 Å². The molecule has 3 nitrogen and oxygen atoms in total. The van der Waals surface area contributed by atoms with Crippen LogP contribution in [0.4, 0.5) is 5.69 Å². The van der Waals surface area contributed by atoms with Gasteiger partial charge in [-0.25, -0.2) is 0 Å². The van der Waals surface area contributed by atoms with Gasteiger partial charge >= 0.3 is 0 Å². The van der Waals surface area contributed by atoms with Crippen LogP contribution in [0.15, 0.2) is 24.3 Å². The van der Waals surface area contributed by atoms with Gasteiger partial charge in [0.2, 0.25) is 5.91 Å². The van der Waals surface area contributed by atoms with E-state index in [1.165, 1.54) is 0 Å². The van der Waals surface area contributed by atoms with E-state index in [0.717, 1.165) is 12.8 Å². The highest BCUT2D eigenvalue weighted by Crippen LogP contribution is 2.19. The van der Waals surface area contributed by atoms with Crippen LogP contribution in [0, 0.1) is 0 Å². The summed E-state index contributed by atoms with van der Waals surface area (Å²) in [5, 5.41) is 6.50. The van der Waals surface area contributed by atoms with Crippen LogP contribution in [0.1, 0.15) is 26.7 Å². The topological polar surface area (TPSA) is 41.1 Å². The molecule has 0 spiro atoms. The summed E-state index contributed by atoms with van der Waals surface area (Å²) in [6, 6.07) is 7.57. The van der Waals surface area contributed by atoms with E-state index in [1.54, 1.807) is 12.1 Å². The van der Waals surface area contributed by atoms with Crippen LogP contribution in [0.25, 0.3) is 0 Å². The number of halogens is 1. The largest absolute Gasteiger partial charge is 0.324 e.